The van der Waals surface area contributed by atoms with Crippen molar-refractivity contribution in [2.24, 2.45) is 17.8 Å². The molecule has 0 radical (unpaired) electrons. The molecule has 0 aromatic heterocycles. The molecule has 1 saturated carbocycles. The average Bonchev–Trinajstić information content (AvgIpc) is 2.65. The van der Waals surface area contributed by atoms with Crippen LogP contribution in [0.3, 0.4) is 0 Å². The first-order chi connectivity index (χ1) is 7.70. The van der Waals surface area contributed by atoms with Gasteiger partial charge in [0.2, 0.25) is 0 Å². The number of unbranched alkanes of at least 4 members (excludes halogenated alkanes) is 3. The summed E-state index contributed by atoms with van der Waals surface area (Å²) >= 11 is 0. The minimum absolute atomic E-state index is 0.390. The van der Waals surface area contributed by atoms with Crippen LogP contribution in [0.25, 0.3) is 0 Å². The van der Waals surface area contributed by atoms with Crippen molar-refractivity contribution < 1.29 is 4.79 Å². The Bertz CT molecular complexity index is 209. The van der Waals surface area contributed by atoms with E-state index in [-0.39, 0.29) is 0 Å². The van der Waals surface area contributed by atoms with Crippen LogP contribution in [-0.4, -0.2) is 5.78 Å². The maximum absolute atomic E-state index is 12.2. The van der Waals surface area contributed by atoms with Crippen LogP contribution in [0.5, 0.6) is 0 Å². The molecule has 0 spiro atoms. The van der Waals surface area contributed by atoms with Crippen molar-refractivity contribution in [1.29, 1.82) is 0 Å². The van der Waals surface area contributed by atoms with Crippen molar-refractivity contribution in [2.75, 3.05) is 0 Å². The van der Waals surface area contributed by atoms with Gasteiger partial charge in [-0.15, -0.1) is 0 Å². The van der Waals surface area contributed by atoms with Gasteiger partial charge < -0.3 is 0 Å². The molecule has 3 unspecified atom stereocenters. The molecule has 0 N–H and O–H groups in total. The SMILES string of the molecule is CCCCCCC1CCC(C(C)CC)C1=O. The normalized spacial score (nSPS) is 27.3. The predicted molar refractivity (Wildman–Crippen MR) is 69.4 cm³/mol. The Morgan fingerprint density at radius 1 is 1.19 bits per heavy atom. The maximum atomic E-state index is 12.2. The van der Waals surface area contributed by atoms with Gasteiger partial charge in [-0.3, -0.25) is 4.79 Å². The van der Waals surface area contributed by atoms with Gasteiger partial charge in [0.25, 0.3) is 0 Å². The van der Waals surface area contributed by atoms with Gasteiger partial charge in [-0.1, -0.05) is 52.9 Å². The standard InChI is InChI=1S/C15H28O/c1-4-6-7-8-9-13-10-11-14(15(13)16)12(3)5-2/h12-14H,4-11H2,1-3H3. The first-order valence-electron chi connectivity index (χ1n) is 7.24. The van der Waals surface area contributed by atoms with Crippen LogP contribution >= 0.6 is 0 Å². The van der Waals surface area contributed by atoms with E-state index in [1.807, 2.05) is 0 Å². The molecule has 0 bridgehead atoms. The molecule has 1 rings (SSSR count). The average molecular weight is 224 g/mol. The molecule has 1 aliphatic rings. The van der Waals surface area contributed by atoms with E-state index in [1.54, 1.807) is 0 Å². The highest BCUT2D eigenvalue weighted by atomic mass is 16.1. The molecule has 0 heterocycles. The second-order valence-electron chi connectivity index (χ2n) is 5.52. The third-order valence-electron chi connectivity index (χ3n) is 4.33. The Morgan fingerprint density at radius 3 is 2.56 bits per heavy atom. The van der Waals surface area contributed by atoms with Crippen LogP contribution in [0.4, 0.5) is 0 Å². The van der Waals surface area contributed by atoms with Gasteiger partial charge in [0, 0.05) is 11.8 Å². The zero-order chi connectivity index (χ0) is 12.0. The van der Waals surface area contributed by atoms with Crippen LogP contribution in [0.2, 0.25) is 0 Å². The van der Waals surface area contributed by atoms with E-state index < -0.39 is 0 Å². The number of ketones is 1. The van der Waals surface area contributed by atoms with Gasteiger partial charge in [-0.25, -0.2) is 0 Å². The highest BCUT2D eigenvalue weighted by Gasteiger charge is 2.35. The van der Waals surface area contributed by atoms with Gasteiger partial charge in [-0.2, -0.15) is 0 Å². The number of Topliss-reactive ketones (excluding diaryl/α,β-unsaturated/α-hetero) is 1. The molecule has 1 aliphatic carbocycles. The van der Waals surface area contributed by atoms with E-state index in [1.165, 1.54) is 32.1 Å². The monoisotopic (exact) mass is 224 g/mol. The molecule has 0 amide bonds. The molecule has 3 atom stereocenters. The predicted octanol–water partition coefficient (Wildman–Crippen LogP) is 4.60. The number of carbonyl (C=O) groups is 1. The molecule has 0 saturated heterocycles. The van der Waals surface area contributed by atoms with Crippen molar-refractivity contribution in [2.45, 2.75) is 72.1 Å². The smallest absolute Gasteiger partial charge is 0.139 e. The van der Waals surface area contributed by atoms with E-state index >= 15 is 0 Å². The second kappa shape index (κ2) is 7.09. The summed E-state index contributed by atoms with van der Waals surface area (Å²) in [6.07, 6.45) is 9.83. The third kappa shape index (κ3) is 3.61. The topological polar surface area (TPSA) is 17.1 Å². The minimum atomic E-state index is 0.390. The fraction of sp³-hybridized carbons (Fsp3) is 0.933. The van der Waals surface area contributed by atoms with Gasteiger partial charge in [0.1, 0.15) is 5.78 Å². The Kier molecular flexibility index (Phi) is 6.08. The largest absolute Gasteiger partial charge is 0.299 e. The molecule has 0 aromatic rings. The zero-order valence-corrected chi connectivity index (χ0v) is 11.3. The molecular weight excluding hydrogens is 196 g/mol. The fourth-order valence-electron chi connectivity index (χ4n) is 2.92. The quantitative estimate of drug-likeness (QED) is 0.578. The summed E-state index contributed by atoms with van der Waals surface area (Å²) in [6.45, 7) is 6.67. The molecule has 94 valence electrons. The number of rotatable bonds is 7. The molecule has 0 aromatic carbocycles. The second-order valence-corrected chi connectivity index (χ2v) is 5.52. The van der Waals surface area contributed by atoms with Crippen molar-refractivity contribution >= 4 is 5.78 Å². The molecule has 16 heavy (non-hydrogen) atoms. The van der Waals surface area contributed by atoms with Crippen molar-refractivity contribution in [3.8, 4) is 0 Å². The number of hydrogen-bond donors (Lipinski definition) is 0. The molecule has 1 heteroatoms. The summed E-state index contributed by atoms with van der Waals surface area (Å²) in [5, 5.41) is 0. The summed E-state index contributed by atoms with van der Waals surface area (Å²) in [5.41, 5.74) is 0. The van der Waals surface area contributed by atoms with Gasteiger partial charge in [0.15, 0.2) is 0 Å². The van der Waals surface area contributed by atoms with Crippen LogP contribution in [0.15, 0.2) is 0 Å². The summed E-state index contributed by atoms with van der Waals surface area (Å²) in [6, 6.07) is 0. The molecule has 1 nitrogen and oxygen atoms in total. The first-order valence-corrected chi connectivity index (χ1v) is 7.24. The molecular formula is C15H28O. The fourth-order valence-corrected chi connectivity index (χ4v) is 2.92. The first kappa shape index (κ1) is 13.7. The Labute approximate surface area is 101 Å². The number of hydrogen-bond acceptors (Lipinski definition) is 1. The summed E-state index contributed by atoms with van der Waals surface area (Å²) < 4.78 is 0. The Hall–Kier alpha value is -0.330. The van der Waals surface area contributed by atoms with Gasteiger partial charge >= 0.3 is 0 Å². The maximum Gasteiger partial charge on any atom is 0.139 e. The van der Waals surface area contributed by atoms with Crippen LogP contribution in [0.1, 0.15) is 72.1 Å². The van der Waals surface area contributed by atoms with Gasteiger partial charge in [-0.05, 0) is 25.2 Å². The lowest BCUT2D eigenvalue weighted by Gasteiger charge is -2.16. The van der Waals surface area contributed by atoms with Crippen molar-refractivity contribution in [3.05, 3.63) is 0 Å². The van der Waals surface area contributed by atoms with Crippen LogP contribution < -0.4 is 0 Å². The highest BCUT2D eigenvalue weighted by Crippen LogP contribution is 2.36. The van der Waals surface area contributed by atoms with Gasteiger partial charge in [0.05, 0.1) is 0 Å². The minimum Gasteiger partial charge on any atom is -0.299 e. The highest BCUT2D eigenvalue weighted by molar-refractivity contribution is 5.85. The third-order valence-corrected chi connectivity index (χ3v) is 4.33. The zero-order valence-electron chi connectivity index (χ0n) is 11.3. The van der Waals surface area contributed by atoms with E-state index in [0.717, 1.165) is 19.3 Å². The molecule has 0 aliphatic heterocycles. The summed E-state index contributed by atoms with van der Waals surface area (Å²) in [4.78, 5) is 12.2. The Morgan fingerprint density at radius 2 is 1.94 bits per heavy atom. The summed E-state index contributed by atoms with van der Waals surface area (Å²) in [7, 11) is 0. The number of carbonyl (C=O) groups excluding carboxylic acids is 1. The van der Waals surface area contributed by atoms with E-state index in [0.29, 0.717) is 23.5 Å². The lowest BCUT2D eigenvalue weighted by atomic mass is 9.88. The lowest BCUT2D eigenvalue weighted by Crippen LogP contribution is -2.19. The van der Waals surface area contributed by atoms with E-state index in [2.05, 4.69) is 20.8 Å². The van der Waals surface area contributed by atoms with E-state index in [4.69, 9.17) is 0 Å². The summed E-state index contributed by atoms with van der Waals surface area (Å²) in [5.74, 6) is 2.00. The van der Waals surface area contributed by atoms with Crippen LogP contribution in [-0.2, 0) is 4.79 Å². The molecule has 1 fully saturated rings. The van der Waals surface area contributed by atoms with Crippen LogP contribution in [0, 0.1) is 17.8 Å². The van der Waals surface area contributed by atoms with E-state index in [9.17, 15) is 4.79 Å². The van der Waals surface area contributed by atoms with Crippen molar-refractivity contribution in [3.63, 3.8) is 0 Å². The lowest BCUT2D eigenvalue weighted by molar-refractivity contribution is -0.125. The van der Waals surface area contributed by atoms with Crippen molar-refractivity contribution in [1.82, 2.24) is 0 Å². The Balaban J connectivity index is 2.28.